The minimum atomic E-state index is 0.859. The second kappa shape index (κ2) is 6.91. The van der Waals surface area contributed by atoms with E-state index in [2.05, 4.69) is 31.1 Å². The molecule has 2 heteroatoms. The second-order valence-corrected chi connectivity index (χ2v) is 6.60. The van der Waals surface area contributed by atoms with E-state index < -0.39 is 0 Å². The molecule has 0 bridgehead atoms. The van der Waals surface area contributed by atoms with Crippen molar-refractivity contribution in [1.82, 2.24) is 10.2 Å². The molecule has 1 N–H and O–H groups in total. The second-order valence-electron chi connectivity index (χ2n) is 6.60. The molecule has 0 aromatic carbocycles. The fourth-order valence-electron chi connectivity index (χ4n) is 3.94. The Kier molecular flexibility index (Phi) is 5.50. The van der Waals surface area contributed by atoms with Crippen LogP contribution in [0.3, 0.4) is 0 Å². The minimum absolute atomic E-state index is 0.859. The Bertz CT molecular complexity index is 241. The van der Waals surface area contributed by atoms with E-state index in [1.807, 2.05) is 0 Å². The number of rotatable bonds is 6. The molecular formula is C16H32N2. The van der Waals surface area contributed by atoms with E-state index >= 15 is 0 Å². The van der Waals surface area contributed by atoms with Gasteiger partial charge >= 0.3 is 0 Å². The van der Waals surface area contributed by atoms with E-state index in [9.17, 15) is 0 Å². The summed E-state index contributed by atoms with van der Waals surface area (Å²) in [4.78, 5) is 2.74. The van der Waals surface area contributed by atoms with Crippen LogP contribution in [0.25, 0.3) is 0 Å². The highest BCUT2D eigenvalue weighted by Crippen LogP contribution is 2.36. The zero-order valence-electron chi connectivity index (χ0n) is 12.6. The monoisotopic (exact) mass is 252 g/mol. The van der Waals surface area contributed by atoms with Crippen molar-refractivity contribution in [3.05, 3.63) is 0 Å². The lowest BCUT2D eigenvalue weighted by molar-refractivity contribution is 0.0165. The normalized spacial score (nSPS) is 36.7. The molecule has 2 nitrogen and oxygen atoms in total. The molecule has 4 atom stereocenters. The minimum Gasteiger partial charge on any atom is -0.316 e. The predicted octanol–water partition coefficient (Wildman–Crippen LogP) is 3.28. The van der Waals surface area contributed by atoms with Crippen LogP contribution >= 0.6 is 0 Å². The molecule has 0 amide bonds. The molecular weight excluding hydrogens is 220 g/mol. The van der Waals surface area contributed by atoms with Gasteiger partial charge in [0.1, 0.15) is 0 Å². The van der Waals surface area contributed by atoms with Gasteiger partial charge in [-0.05, 0) is 64.1 Å². The van der Waals surface area contributed by atoms with Crippen molar-refractivity contribution >= 4 is 0 Å². The van der Waals surface area contributed by atoms with Gasteiger partial charge < -0.3 is 5.32 Å². The summed E-state index contributed by atoms with van der Waals surface area (Å²) >= 11 is 0. The summed E-state index contributed by atoms with van der Waals surface area (Å²) in [6.45, 7) is 7.14. The molecule has 0 aliphatic heterocycles. The van der Waals surface area contributed by atoms with E-state index in [1.54, 1.807) is 0 Å². The first-order valence-corrected chi connectivity index (χ1v) is 8.16. The van der Waals surface area contributed by atoms with E-state index in [4.69, 9.17) is 0 Å². The third-order valence-electron chi connectivity index (χ3n) is 5.32. The smallest absolute Gasteiger partial charge is 0.0136 e. The van der Waals surface area contributed by atoms with Crippen LogP contribution in [-0.4, -0.2) is 37.1 Å². The lowest BCUT2D eigenvalue weighted by Gasteiger charge is -2.49. The van der Waals surface area contributed by atoms with Crippen LogP contribution in [0.15, 0.2) is 0 Å². The van der Waals surface area contributed by atoms with Crippen molar-refractivity contribution in [2.24, 2.45) is 11.8 Å². The summed E-state index contributed by atoms with van der Waals surface area (Å²) < 4.78 is 0. The first-order chi connectivity index (χ1) is 8.74. The Morgan fingerprint density at radius 2 is 1.83 bits per heavy atom. The lowest BCUT2D eigenvalue weighted by atomic mass is 9.75. The maximum atomic E-state index is 3.61. The molecule has 0 saturated heterocycles. The molecule has 2 saturated carbocycles. The summed E-state index contributed by atoms with van der Waals surface area (Å²) in [5.74, 6) is 1.82. The molecule has 0 aromatic heterocycles. The van der Waals surface area contributed by atoms with Crippen LogP contribution in [0.5, 0.6) is 0 Å². The van der Waals surface area contributed by atoms with Crippen molar-refractivity contribution < 1.29 is 0 Å². The molecule has 4 unspecified atom stereocenters. The van der Waals surface area contributed by atoms with Crippen molar-refractivity contribution in [1.29, 1.82) is 0 Å². The van der Waals surface area contributed by atoms with E-state index in [1.165, 1.54) is 58.0 Å². The van der Waals surface area contributed by atoms with E-state index in [0.29, 0.717) is 0 Å². The lowest BCUT2D eigenvalue weighted by Crippen LogP contribution is -2.54. The Balaban J connectivity index is 1.79. The van der Waals surface area contributed by atoms with Crippen molar-refractivity contribution in [3.63, 3.8) is 0 Å². The molecule has 0 radical (unpaired) electrons. The number of hydrogen-bond donors (Lipinski definition) is 1. The van der Waals surface area contributed by atoms with Crippen LogP contribution in [-0.2, 0) is 0 Å². The van der Waals surface area contributed by atoms with Gasteiger partial charge in [-0.15, -0.1) is 0 Å². The fraction of sp³-hybridized carbons (Fsp3) is 1.00. The van der Waals surface area contributed by atoms with Gasteiger partial charge in [-0.2, -0.15) is 0 Å². The van der Waals surface area contributed by atoms with Crippen molar-refractivity contribution in [2.45, 2.75) is 70.9 Å². The summed E-state index contributed by atoms with van der Waals surface area (Å²) in [6, 6.07) is 1.72. The Morgan fingerprint density at radius 3 is 2.44 bits per heavy atom. The number of nitrogens with zero attached hydrogens (tertiary/aromatic N) is 1. The van der Waals surface area contributed by atoms with E-state index in [-0.39, 0.29) is 0 Å². The molecule has 106 valence electrons. The third kappa shape index (κ3) is 3.27. The maximum absolute atomic E-state index is 3.61. The molecule has 2 rings (SSSR count). The summed E-state index contributed by atoms with van der Waals surface area (Å²) in [5, 5.41) is 3.61. The molecule has 2 aliphatic carbocycles. The van der Waals surface area contributed by atoms with Gasteiger partial charge in [-0.25, -0.2) is 0 Å². The van der Waals surface area contributed by atoms with Crippen molar-refractivity contribution in [3.8, 4) is 0 Å². The Hall–Kier alpha value is -0.0800. The Morgan fingerprint density at radius 1 is 1.06 bits per heavy atom. The largest absolute Gasteiger partial charge is 0.316 e. The molecule has 0 heterocycles. The average Bonchev–Trinajstić information content (AvgIpc) is 2.33. The topological polar surface area (TPSA) is 15.3 Å². The van der Waals surface area contributed by atoms with Gasteiger partial charge in [0.25, 0.3) is 0 Å². The fourth-order valence-corrected chi connectivity index (χ4v) is 3.94. The third-order valence-corrected chi connectivity index (χ3v) is 5.32. The highest BCUT2D eigenvalue weighted by Gasteiger charge is 2.38. The molecule has 2 fully saturated rings. The first-order valence-electron chi connectivity index (χ1n) is 8.16. The molecule has 18 heavy (non-hydrogen) atoms. The maximum Gasteiger partial charge on any atom is 0.0136 e. The molecule has 0 spiro atoms. The zero-order chi connectivity index (χ0) is 13.0. The van der Waals surface area contributed by atoms with Crippen LogP contribution in [0.4, 0.5) is 0 Å². The molecule has 0 aromatic rings. The van der Waals surface area contributed by atoms with Crippen LogP contribution in [0, 0.1) is 11.8 Å². The quantitative estimate of drug-likeness (QED) is 0.730. The van der Waals surface area contributed by atoms with Gasteiger partial charge in [0.2, 0.25) is 0 Å². The standard InChI is InChI=1S/C16H32N2/c1-4-11-17-12-14-9-10-16(14)18(3)15-8-6-5-7-13(15)2/h13-17H,4-12H2,1-3H3. The highest BCUT2D eigenvalue weighted by molar-refractivity contribution is 4.93. The van der Waals surface area contributed by atoms with Gasteiger partial charge in [0.05, 0.1) is 0 Å². The van der Waals surface area contributed by atoms with E-state index in [0.717, 1.165) is 23.9 Å². The molecule has 2 aliphatic rings. The predicted molar refractivity (Wildman–Crippen MR) is 78.9 cm³/mol. The van der Waals surface area contributed by atoms with Crippen LogP contribution in [0.2, 0.25) is 0 Å². The zero-order valence-corrected chi connectivity index (χ0v) is 12.6. The van der Waals surface area contributed by atoms with Gasteiger partial charge in [-0.3, -0.25) is 4.90 Å². The van der Waals surface area contributed by atoms with Crippen molar-refractivity contribution in [2.75, 3.05) is 20.1 Å². The number of nitrogens with one attached hydrogen (secondary N) is 1. The summed E-state index contributed by atoms with van der Waals surface area (Å²) in [5.41, 5.74) is 0. The number of hydrogen-bond acceptors (Lipinski definition) is 2. The van der Waals surface area contributed by atoms with Crippen LogP contribution < -0.4 is 5.32 Å². The summed E-state index contributed by atoms with van der Waals surface area (Å²) in [6.07, 6.45) is 9.91. The first kappa shape index (κ1) is 14.3. The SMILES string of the molecule is CCCNCC1CCC1N(C)C1CCCCC1C. The van der Waals surface area contributed by atoms with Gasteiger partial charge in [-0.1, -0.05) is 26.7 Å². The summed E-state index contributed by atoms with van der Waals surface area (Å²) in [7, 11) is 2.39. The highest BCUT2D eigenvalue weighted by atomic mass is 15.2. The average molecular weight is 252 g/mol. The Labute approximate surface area is 114 Å². The van der Waals surface area contributed by atoms with Gasteiger partial charge in [0, 0.05) is 12.1 Å². The van der Waals surface area contributed by atoms with Crippen LogP contribution in [0.1, 0.15) is 58.8 Å². The van der Waals surface area contributed by atoms with Gasteiger partial charge in [0.15, 0.2) is 0 Å².